The number of carbonyl (C=O) groups excluding carboxylic acids is 1. The highest BCUT2D eigenvalue weighted by molar-refractivity contribution is 6.08. The molecular weight excluding hydrogens is 255 g/mol. The predicted octanol–water partition coefficient (Wildman–Crippen LogP) is 3.36. The minimum Gasteiger partial charge on any atom is -0.273 e. The second-order valence-electron chi connectivity index (χ2n) is 4.59. The topological polar surface area (TPSA) is 32.7 Å². The first-order chi connectivity index (χ1) is 9.74. The Morgan fingerprint density at radius 3 is 2.35 bits per heavy atom. The van der Waals surface area contributed by atoms with E-state index in [4.69, 9.17) is 0 Å². The van der Waals surface area contributed by atoms with Crippen molar-refractivity contribution in [1.29, 1.82) is 0 Å². The first kappa shape index (κ1) is 12.5. The van der Waals surface area contributed by atoms with Crippen LogP contribution in [0.4, 0.5) is 10.1 Å². The third-order valence-corrected chi connectivity index (χ3v) is 3.21. The van der Waals surface area contributed by atoms with Crippen LogP contribution >= 0.6 is 0 Å². The van der Waals surface area contributed by atoms with Crippen LogP contribution in [0.3, 0.4) is 0 Å². The van der Waals surface area contributed by atoms with Gasteiger partial charge in [0.2, 0.25) is 5.91 Å². The molecule has 1 aliphatic heterocycles. The van der Waals surface area contributed by atoms with E-state index in [1.165, 1.54) is 17.1 Å². The summed E-state index contributed by atoms with van der Waals surface area (Å²) < 4.78 is 13.0. The third kappa shape index (κ3) is 2.45. The van der Waals surface area contributed by atoms with Gasteiger partial charge in [-0.25, -0.2) is 9.40 Å². The van der Waals surface area contributed by atoms with Gasteiger partial charge in [-0.15, -0.1) is 0 Å². The van der Waals surface area contributed by atoms with E-state index in [9.17, 15) is 9.18 Å². The van der Waals surface area contributed by atoms with Crippen molar-refractivity contribution in [1.82, 2.24) is 0 Å². The van der Waals surface area contributed by atoms with Crippen LogP contribution in [0.5, 0.6) is 0 Å². The van der Waals surface area contributed by atoms with Crippen LogP contribution in [0.25, 0.3) is 0 Å². The molecule has 2 aromatic rings. The van der Waals surface area contributed by atoms with Crippen LogP contribution in [-0.4, -0.2) is 11.6 Å². The molecule has 0 spiro atoms. The Labute approximate surface area is 116 Å². The van der Waals surface area contributed by atoms with E-state index >= 15 is 0 Å². The highest BCUT2D eigenvalue weighted by atomic mass is 19.1. The lowest BCUT2D eigenvalue weighted by atomic mass is 10.0. The Morgan fingerprint density at radius 1 is 0.950 bits per heavy atom. The van der Waals surface area contributed by atoms with Crippen LogP contribution in [-0.2, 0) is 4.79 Å². The Morgan fingerprint density at radius 2 is 1.65 bits per heavy atom. The predicted molar refractivity (Wildman–Crippen MR) is 76.1 cm³/mol. The molecule has 0 radical (unpaired) electrons. The lowest BCUT2D eigenvalue weighted by molar-refractivity contribution is -0.118. The maximum Gasteiger partial charge on any atom is 0.247 e. The van der Waals surface area contributed by atoms with Gasteiger partial charge in [0.1, 0.15) is 5.82 Å². The molecule has 0 saturated heterocycles. The summed E-state index contributed by atoms with van der Waals surface area (Å²) >= 11 is 0. The molecule has 4 heteroatoms. The number of rotatable bonds is 2. The van der Waals surface area contributed by atoms with E-state index in [0.717, 1.165) is 17.0 Å². The Balaban J connectivity index is 1.96. The number of para-hydroxylation sites is 1. The summed E-state index contributed by atoms with van der Waals surface area (Å²) in [6.07, 6.45) is 0.985. The molecule has 0 aliphatic carbocycles. The van der Waals surface area contributed by atoms with Crippen molar-refractivity contribution in [2.24, 2.45) is 5.10 Å². The number of nitrogens with zero attached hydrogens (tertiary/aromatic N) is 2. The number of anilines is 1. The zero-order valence-corrected chi connectivity index (χ0v) is 10.8. The quantitative estimate of drug-likeness (QED) is 0.822. The van der Waals surface area contributed by atoms with Crippen molar-refractivity contribution >= 4 is 17.3 Å². The largest absolute Gasteiger partial charge is 0.273 e. The molecule has 0 N–H and O–H groups in total. The molecular formula is C16H13FN2O. The Hall–Kier alpha value is -2.49. The molecule has 100 valence electrons. The summed E-state index contributed by atoms with van der Waals surface area (Å²) in [5.41, 5.74) is 2.39. The number of halogens is 1. The average Bonchev–Trinajstić information content (AvgIpc) is 2.50. The molecule has 0 atom stereocenters. The summed E-state index contributed by atoms with van der Waals surface area (Å²) in [5.74, 6) is -0.303. The standard InChI is InChI=1S/C16H13FN2O/c17-13-8-6-12(7-9-13)15-10-11-16(20)19(18-15)14-4-2-1-3-5-14/h1-9H,10-11H2. The molecule has 3 nitrogen and oxygen atoms in total. The minimum atomic E-state index is -0.277. The highest BCUT2D eigenvalue weighted by Gasteiger charge is 2.22. The average molecular weight is 268 g/mol. The molecule has 20 heavy (non-hydrogen) atoms. The van der Waals surface area contributed by atoms with E-state index in [-0.39, 0.29) is 11.7 Å². The van der Waals surface area contributed by atoms with Crippen molar-refractivity contribution in [3.63, 3.8) is 0 Å². The van der Waals surface area contributed by atoms with Gasteiger partial charge < -0.3 is 0 Å². The third-order valence-electron chi connectivity index (χ3n) is 3.21. The second kappa shape index (κ2) is 5.25. The van der Waals surface area contributed by atoms with Crippen LogP contribution in [0.1, 0.15) is 18.4 Å². The number of hydrogen-bond acceptors (Lipinski definition) is 2. The molecule has 0 saturated carbocycles. The van der Waals surface area contributed by atoms with Gasteiger partial charge in [-0.2, -0.15) is 5.10 Å². The number of carbonyl (C=O) groups is 1. The summed E-state index contributed by atoms with van der Waals surface area (Å²) in [5, 5.41) is 5.83. The summed E-state index contributed by atoms with van der Waals surface area (Å²) in [6, 6.07) is 15.5. The van der Waals surface area contributed by atoms with Crippen molar-refractivity contribution in [2.75, 3.05) is 5.01 Å². The molecule has 1 amide bonds. The van der Waals surface area contributed by atoms with E-state index in [2.05, 4.69) is 5.10 Å². The van der Waals surface area contributed by atoms with Crippen molar-refractivity contribution in [3.8, 4) is 0 Å². The zero-order chi connectivity index (χ0) is 13.9. The fourth-order valence-corrected chi connectivity index (χ4v) is 2.17. The SMILES string of the molecule is O=C1CCC(c2ccc(F)cc2)=NN1c1ccccc1. The van der Waals surface area contributed by atoms with Crippen LogP contribution in [0.15, 0.2) is 59.7 Å². The van der Waals surface area contributed by atoms with Crippen LogP contribution in [0.2, 0.25) is 0 Å². The van der Waals surface area contributed by atoms with Gasteiger partial charge in [0.05, 0.1) is 11.4 Å². The molecule has 3 rings (SSSR count). The molecule has 0 unspecified atom stereocenters. The summed E-state index contributed by atoms with van der Waals surface area (Å²) in [6.45, 7) is 0. The van der Waals surface area contributed by atoms with E-state index in [1.807, 2.05) is 30.3 Å². The molecule has 0 aromatic heterocycles. The number of hydrogen-bond donors (Lipinski definition) is 0. The zero-order valence-electron chi connectivity index (χ0n) is 10.8. The first-order valence-corrected chi connectivity index (χ1v) is 6.45. The lowest BCUT2D eigenvalue weighted by Crippen LogP contribution is -2.31. The molecule has 0 fully saturated rings. The van der Waals surface area contributed by atoms with E-state index in [0.29, 0.717) is 12.8 Å². The van der Waals surface area contributed by atoms with Crippen molar-refractivity contribution in [2.45, 2.75) is 12.8 Å². The Bertz CT molecular complexity index is 650. The van der Waals surface area contributed by atoms with E-state index in [1.54, 1.807) is 12.1 Å². The van der Waals surface area contributed by atoms with Gasteiger partial charge in [-0.3, -0.25) is 4.79 Å². The van der Waals surface area contributed by atoms with Gasteiger partial charge in [0, 0.05) is 12.8 Å². The fourth-order valence-electron chi connectivity index (χ4n) is 2.17. The monoisotopic (exact) mass is 268 g/mol. The van der Waals surface area contributed by atoms with Crippen molar-refractivity contribution in [3.05, 3.63) is 66.0 Å². The molecule has 1 aliphatic rings. The highest BCUT2D eigenvalue weighted by Crippen LogP contribution is 2.22. The molecule has 2 aromatic carbocycles. The van der Waals surface area contributed by atoms with Gasteiger partial charge in [0.15, 0.2) is 0 Å². The van der Waals surface area contributed by atoms with Crippen LogP contribution in [0, 0.1) is 5.82 Å². The second-order valence-corrected chi connectivity index (χ2v) is 4.59. The number of amides is 1. The van der Waals surface area contributed by atoms with E-state index < -0.39 is 0 Å². The van der Waals surface area contributed by atoms with Crippen molar-refractivity contribution < 1.29 is 9.18 Å². The smallest absolute Gasteiger partial charge is 0.247 e. The normalized spacial score (nSPS) is 15.2. The lowest BCUT2D eigenvalue weighted by Gasteiger charge is -2.23. The number of hydrazone groups is 1. The van der Waals surface area contributed by atoms with Crippen LogP contribution < -0.4 is 5.01 Å². The van der Waals surface area contributed by atoms with Gasteiger partial charge in [-0.05, 0) is 29.8 Å². The fraction of sp³-hybridized carbons (Fsp3) is 0.125. The molecule has 1 heterocycles. The van der Waals surface area contributed by atoms with Gasteiger partial charge in [0.25, 0.3) is 0 Å². The summed E-state index contributed by atoms with van der Waals surface area (Å²) in [4.78, 5) is 12.0. The first-order valence-electron chi connectivity index (χ1n) is 6.45. The maximum atomic E-state index is 13.0. The summed E-state index contributed by atoms with van der Waals surface area (Å²) in [7, 11) is 0. The maximum absolute atomic E-state index is 13.0. The Kier molecular flexibility index (Phi) is 3.29. The van der Waals surface area contributed by atoms with Gasteiger partial charge >= 0.3 is 0 Å². The van der Waals surface area contributed by atoms with Gasteiger partial charge in [-0.1, -0.05) is 30.3 Å². The minimum absolute atomic E-state index is 0.0259. The number of benzene rings is 2. The molecule has 0 bridgehead atoms.